The van der Waals surface area contributed by atoms with Gasteiger partial charge in [-0.2, -0.15) is 15.0 Å². The summed E-state index contributed by atoms with van der Waals surface area (Å²) in [5, 5.41) is 0. The molecule has 0 radical (unpaired) electrons. The van der Waals surface area contributed by atoms with Gasteiger partial charge in [0.1, 0.15) is 0 Å². The largest absolute Gasteiger partial charge is 0.368 e. The van der Waals surface area contributed by atoms with Crippen molar-refractivity contribution in [2.45, 2.75) is 0 Å². The minimum absolute atomic E-state index is 0.110. The van der Waals surface area contributed by atoms with Crippen LogP contribution < -0.4 is 11.5 Å². The maximum atomic E-state index is 5.51. The molecule has 1 heterocycles. The second kappa shape index (κ2) is 4.34. The van der Waals surface area contributed by atoms with Gasteiger partial charge in [0.15, 0.2) is 5.82 Å². The second-order valence-corrected chi connectivity index (χ2v) is 4.86. The lowest BCUT2D eigenvalue weighted by Gasteiger charge is -2.03. The third-order valence-corrected chi connectivity index (χ3v) is 2.71. The molecule has 0 fully saturated rings. The van der Waals surface area contributed by atoms with Gasteiger partial charge in [-0.3, -0.25) is 0 Å². The summed E-state index contributed by atoms with van der Waals surface area (Å²) < 4.78 is 1.82. The van der Waals surface area contributed by atoms with Gasteiger partial charge in [0, 0.05) is 14.5 Å². The van der Waals surface area contributed by atoms with Crippen molar-refractivity contribution in [2.75, 3.05) is 11.5 Å². The SMILES string of the molecule is Nc1nc(N)nc(-c2cc(Br)cc(Br)c2)n1. The summed E-state index contributed by atoms with van der Waals surface area (Å²) in [6, 6.07) is 5.66. The van der Waals surface area contributed by atoms with E-state index >= 15 is 0 Å². The third-order valence-electron chi connectivity index (χ3n) is 1.79. The van der Waals surface area contributed by atoms with Crippen molar-refractivity contribution < 1.29 is 0 Å². The summed E-state index contributed by atoms with van der Waals surface area (Å²) in [5.74, 6) is 0.671. The molecule has 0 aliphatic heterocycles. The zero-order valence-electron chi connectivity index (χ0n) is 7.98. The van der Waals surface area contributed by atoms with Crippen LogP contribution in [0.2, 0.25) is 0 Å². The number of hydrogen-bond donors (Lipinski definition) is 2. The van der Waals surface area contributed by atoms with E-state index < -0.39 is 0 Å². The maximum Gasteiger partial charge on any atom is 0.225 e. The average molecular weight is 345 g/mol. The summed E-state index contributed by atoms with van der Waals surface area (Å²) in [7, 11) is 0. The van der Waals surface area contributed by atoms with Crippen LogP contribution in [0.4, 0.5) is 11.9 Å². The Balaban J connectivity index is 2.57. The normalized spacial score (nSPS) is 10.4. The molecule has 2 aromatic rings. The Hall–Kier alpha value is -1.21. The van der Waals surface area contributed by atoms with Gasteiger partial charge in [0.05, 0.1) is 0 Å². The van der Waals surface area contributed by atoms with Gasteiger partial charge in [-0.05, 0) is 18.2 Å². The molecule has 0 aliphatic carbocycles. The average Bonchev–Trinajstić information content (AvgIpc) is 2.14. The third kappa shape index (κ3) is 2.48. The van der Waals surface area contributed by atoms with Crippen molar-refractivity contribution in [1.29, 1.82) is 0 Å². The fourth-order valence-electron chi connectivity index (χ4n) is 1.22. The molecular weight excluding hydrogens is 338 g/mol. The lowest BCUT2D eigenvalue weighted by atomic mass is 10.2. The van der Waals surface area contributed by atoms with Crippen LogP contribution in [0.3, 0.4) is 0 Å². The molecule has 2 rings (SSSR count). The number of nitrogens with two attached hydrogens (primary N) is 2. The molecular formula is C9H7Br2N5. The number of hydrogen-bond acceptors (Lipinski definition) is 5. The van der Waals surface area contributed by atoms with Crippen LogP contribution in [-0.2, 0) is 0 Å². The molecule has 1 aromatic carbocycles. The summed E-state index contributed by atoms with van der Waals surface area (Å²) in [6.45, 7) is 0. The molecule has 0 saturated heterocycles. The quantitative estimate of drug-likeness (QED) is 0.827. The Morgan fingerprint density at radius 3 is 1.81 bits per heavy atom. The van der Waals surface area contributed by atoms with Gasteiger partial charge in [-0.15, -0.1) is 0 Å². The molecule has 1 aromatic heterocycles. The Kier molecular flexibility index (Phi) is 3.06. The van der Waals surface area contributed by atoms with E-state index in [1.54, 1.807) is 0 Å². The van der Waals surface area contributed by atoms with Crippen molar-refractivity contribution in [2.24, 2.45) is 0 Å². The molecule has 0 saturated carbocycles. The van der Waals surface area contributed by atoms with Gasteiger partial charge in [-0.25, -0.2) is 0 Å². The van der Waals surface area contributed by atoms with Crippen molar-refractivity contribution in [1.82, 2.24) is 15.0 Å². The van der Waals surface area contributed by atoms with Crippen molar-refractivity contribution in [3.05, 3.63) is 27.1 Å². The number of halogens is 2. The summed E-state index contributed by atoms with van der Waals surface area (Å²) in [5.41, 5.74) is 11.8. The lowest BCUT2D eigenvalue weighted by molar-refractivity contribution is 1.09. The standard InChI is InChI=1S/C9H7Br2N5/c10-5-1-4(2-6(11)3-5)7-14-8(12)16-9(13)15-7/h1-3H,(H4,12,13,14,15,16). The molecule has 0 spiro atoms. The number of rotatable bonds is 1. The molecule has 0 aliphatic rings. The fourth-order valence-corrected chi connectivity index (χ4v) is 2.52. The van der Waals surface area contributed by atoms with E-state index in [0.717, 1.165) is 14.5 Å². The summed E-state index contributed by atoms with van der Waals surface area (Å²) in [4.78, 5) is 11.8. The fraction of sp³-hybridized carbons (Fsp3) is 0. The number of benzene rings is 1. The Morgan fingerprint density at radius 1 is 0.812 bits per heavy atom. The monoisotopic (exact) mass is 343 g/mol. The first-order valence-electron chi connectivity index (χ1n) is 4.28. The Morgan fingerprint density at radius 2 is 1.31 bits per heavy atom. The van der Waals surface area contributed by atoms with E-state index in [1.807, 2.05) is 18.2 Å². The van der Waals surface area contributed by atoms with Crippen molar-refractivity contribution >= 4 is 43.8 Å². The minimum Gasteiger partial charge on any atom is -0.368 e. The van der Waals surface area contributed by atoms with Gasteiger partial charge >= 0.3 is 0 Å². The molecule has 5 nitrogen and oxygen atoms in total. The van der Waals surface area contributed by atoms with E-state index in [4.69, 9.17) is 11.5 Å². The highest BCUT2D eigenvalue weighted by atomic mass is 79.9. The van der Waals surface area contributed by atoms with Crippen LogP contribution in [0.1, 0.15) is 0 Å². The maximum absolute atomic E-state index is 5.51. The van der Waals surface area contributed by atoms with Crippen LogP contribution in [0, 0.1) is 0 Å². The lowest BCUT2D eigenvalue weighted by Crippen LogP contribution is -2.04. The minimum atomic E-state index is 0.110. The van der Waals surface area contributed by atoms with Crippen LogP contribution in [0.15, 0.2) is 27.1 Å². The van der Waals surface area contributed by atoms with Crippen LogP contribution >= 0.6 is 31.9 Å². The van der Waals surface area contributed by atoms with E-state index in [1.165, 1.54) is 0 Å². The van der Waals surface area contributed by atoms with Crippen LogP contribution in [0.5, 0.6) is 0 Å². The van der Waals surface area contributed by atoms with Crippen LogP contribution in [0.25, 0.3) is 11.4 Å². The Labute approximate surface area is 109 Å². The molecule has 0 atom stereocenters. The van der Waals surface area contributed by atoms with E-state index in [9.17, 15) is 0 Å². The molecule has 82 valence electrons. The second-order valence-electron chi connectivity index (χ2n) is 3.03. The predicted molar refractivity (Wildman–Crippen MR) is 69.5 cm³/mol. The number of nitrogens with zero attached hydrogens (tertiary/aromatic N) is 3. The van der Waals surface area contributed by atoms with Crippen molar-refractivity contribution in [3.8, 4) is 11.4 Å². The van der Waals surface area contributed by atoms with Gasteiger partial charge in [-0.1, -0.05) is 31.9 Å². The summed E-state index contributed by atoms with van der Waals surface area (Å²) in [6.07, 6.45) is 0. The first-order chi connectivity index (χ1) is 7.54. The zero-order valence-corrected chi connectivity index (χ0v) is 11.2. The molecule has 4 N–H and O–H groups in total. The van der Waals surface area contributed by atoms with Crippen LogP contribution in [-0.4, -0.2) is 15.0 Å². The molecule has 0 unspecified atom stereocenters. The molecule has 7 heteroatoms. The van der Waals surface area contributed by atoms with Gasteiger partial charge in [0.2, 0.25) is 11.9 Å². The predicted octanol–water partition coefficient (Wildman–Crippen LogP) is 2.23. The summed E-state index contributed by atoms with van der Waals surface area (Å²) >= 11 is 6.77. The topological polar surface area (TPSA) is 90.7 Å². The van der Waals surface area contributed by atoms with E-state index in [2.05, 4.69) is 46.8 Å². The van der Waals surface area contributed by atoms with Gasteiger partial charge in [0.25, 0.3) is 0 Å². The first kappa shape index (κ1) is 11.3. The zero-order chi connectivity index (χ0) is 11.7. The molecule has 16 heavy (non-hydrogen) atoms. The smallest absolute Gasteiger partial charge is 0.225 e. The number of aromatic nitrogens is 3. The van der Waals surface area contributed by atoms with E-state index in [0.29, 0.717) is 5.82 Å². The number of nitrogen functional groups attached to an aromatic ring is 2. The van der Waals surface area contributed by atoms with Crippen molar-refractivity contribution in [3.63, 3.8) is 0 Å². The first-order valence-corrected chi connectivity index (χ1v) is 5.87. The Bertz CT molecular complexity index is 453. The van der Waals surface area contributed by atoms with Gasteiger partial charge < -0.3 is 11.5 Å². The van der Waals surface area contributed by atoms with E-state index in [-0.39, 0.29) is 11.9 Å². The molecule has 0 bridgehead atoms. The number of anilines is 2. The highest BCUT2D eigenvalue weighted by Crippen LogP contribution is 2.25. The highest BCUT2D eigenvalue weighted by molar-refractivity contribution is 9.11. The highest BCUT2D eigenvalue weighted by Gasteiger charge is 2.06. The molecule has 0 amide bonds.